The minimum atomic E-state index is -3.58. The van der Waals surface area contributed by atoms with Gasteiger partial charge in [0.2, 0.25) is 10.0 Å². The third-order valence-corrected chi connectivity index (χ3v) is 7.54. The van der Waals surface area contributed by atoms with E-state index in [9.17, 15) is 18.5 Å². The van der Waals surface area contributed by atoms with Crippen LogP contribution in [0.5, 0.6) is 0 Å². The van der Waals surface area contributed by atoms with Gasteiger partial charge in [0.05, 0.1) is 10.5 Å². The largest absolute Gasteiger partial charge is 0.312 e. The summed E-state index contributed by atoms with van der Waals surface area (Å²) in [6, 6.07) is 8.13. The molecule has 0 radical (unpaired) electrons. The lowest BCUT2D eigenvalue weighted by Gasteiger charge is -2.16. The zero-order valence-electron chi connectivity index (χ0n) is 14.6. The quantitative estimate of drug-likeness (QED) is 0.869. The van der Waals surface area contributed by atoms with E-state index in [2.05, 4.69) is 11.4 Å². The molecule has 1 N–H and O–H groups in total. The van der Waals surface area contributed by atoms with Crippen molar-refractivity contribution in [2.45, 2.75) is 31.6 Å². The third kappa shape index (κ3) is 3.38. The van der Waals surface area contributed by atoms with Crippen LogP contribution in [0.1, 0.15) is 39.2 Å². The number of sulfonamides is 1. The van der Waals surface area contributed by atoms with Crippen molar-refractivity contribution in [3.63, 3.8) is 0 Å². The van der Waals surface area contributed by atoms with Gasteiger partial charge in [-0.3, -0.25) is 4.79 Å². The number of thiophene rings is 1. The number of amides is 1. The first kappa shape index (κ1) is 18.6. The van der Waals surface area contributed by atoms with Crippen LogP contribution in [0.2, 0.25) is 0 Å². The number of nitriles is 1. The lowest BCUT2D eigenvalue weighted by Crippen LogP contribution is -2.28. The van der Waals surface area contributed by atoms with E-state index in [0.717, 1.165) is 23.3 Å². The van der Waals surface area contributed by atoms with Crippen molar-refractivity contribution in [3.8, 4) is 6.07 Å². The van der Waals surface area contributed by atoms with E-state index < -0.39 is 15.9 Å². The second kappa shape index (κ2) is 7.19. The van der Waals surface area contributed by atoms with E-state index in [1.807, 2.05) is 13.8 Å². The molecule has 1 amide bonds. The maximum Gasteiger partial charge on any atom is 0.256 e. The van der Waals surface area contributed by atoms with E-state index in [1.165, 1.54) is 27.8 Å². The number of anilines is 1. The van der Waals surface area contributed by atoms with Crippen molar-refractivity contribution in [3.05, 3.63) is 45.8 Å². The predicted octanol–water partition coefficient (Wildman–Crippen LogP) is 3.27. The molecule has 3 rings (SSSR count). The summed E-state index contributed by atoms with van der Waals surface area (Å²) in [6.07, 6.45) is 1.71. The number of hydrogen-bond donors (Lipinski definition) is 1. The molecular weight excluding hydrogens is 370 g/mol. The first-order valence-electron chi connectivity index (χ1n) is 8.26. The average molecular weight is 390 g/mol. The van der Waals surface area contributed by atoms with Crippen molar-refractivity contribution in [2.75, 3.05) is 18.4 Å². The SMILES string of the molecule is Cc1sc(NC(=O)c2cccc(S(=O)(=O)N3CCCC3)c2)c(C#N)c1C. The van der Waals surface area contributed by atoms with Gasteiger partial charge in [-0.15, -0.1) is 11.3 Å². The Morgan fingerprint density at radius 1 is 1.27 bits per heavy atom. The average Bonchev–Trinajstić information content (AvgIpc) is 3.25. The zero-order chi connectivity index (χ0) is 18.9. The molecule has 0 saturated carbocycles. The van der Waals surface area contributed by atoms with Gasteiger partial charge in [-0.05, 0) is 50.5 Å². The molecule has 6 nitrogen and oxygen atoms in total. The molecule has 0 aliphatic carbocycles. The highest BCUT2D eigenvalue weighted by molar-refractivity contribution is 7.89. The van der Waals surface area contributed by atoms with Gasteiger partial charge in [-0.1, -0.05) is 6.07 Å². The Hall–Kier alpha value is -2.21. The molecule has 0 atom stereocenters. The summed E-state index contributed by atoms with van der Waals surface area (Å²) in [5.74, 6) is -0.429. The van der Waals surface area contributed by atoms with Gasteiger partial charge in [0, 0.05) is 23.5 Å². The van der Waals surface area contributed by atoms with Crippen molar-refractivity contribution in [1.82, 2.24) is 4.31 Å². The number of aryl methyl sites for hydroxylation is 1. The molecule has 26 heavy (non-hydrogen) atoms. The lowest BCUT2D eigenvalue weighted by atomic mass is 10.2. The summed E-state index contributed by atoms with van der Waals surface area (Å²) >= 11 is 1.34. The van der Waals surface area contributed by atoms with Gasteiger partial charge in [-0.2, -0.15) is 9.57 Å². The molecule has 0 spiro atoms. The number of rotatable bonds is 4. The molecule has 1 aliphatic heterocycles. The third-order valence-electron chi connectivity index (χ3n) is 4.52. The van der Waals surface area contributed by atoms with Gasteiger partial charge in [0.25, 0.3) is 5.91 Å². The van der Waals surface area contributed by atoms with E-state index in [1.54, 1.807) is 12.1 Å². The summed E-state index contributed by atoms with van der Waals surface area (Å²) in [7, 11) is -3.58. The second-order valence-electron chi connectivity index (χ2n) is 6.19. The lowest BCUT2D eigenvalue weighted by molar-refractivity contribution is 0.102. The Kier molecular flexibility index (Phi) is 5.14. The van der Waals surface area contributed by atoms with Crippen LogP contribution in [0, 0.1) is 25.2 Å². The van der Waals surface area contributed by atoms with E-state index in [-0.39, 0.29) is 10.5 Å². The van der Waals surface area contributed by atoms with Gasteiger partial charge < -0.3 is 5.32 Å². The fraction of sp³-hybridized carbons (Fsp3) is 0.333. The van der Waals surface area contributed by atoms with Gasteiger partial charge in [0.15, 0.2) is 0 Å². The standard InChI is InChI=1S/C18H19N3O3S2/c1-12-13(2)25-18(16(12)11-19)20-17(22)14-6-5-7-15(10-14)26(23,24)21-8-3-4-9-21/h5-7,10H,3-4,8-9H2,1-2H3,(H,20,22). The maximum atomic E-state index is 12.7. The Labute approximate surface area is 157 Å². The minimum Gasteiger partial charge on any atom is -0.312 e. The monoisotopic (exact) mass is 389 g/mol. The molecule has 1 fully saturated rings. The first-order chi connectivity index (χ1) is 12.3. The van der Waals surface area contributed by atoms with Crippen LogP contribution in [-0.4, -0.2) is 31.7 Å². The normalized spacial score (nSPS) is 15.0. The van der Waals surface area contributed by atoms with E-state index in [4.69, 9.17) is 0 Å². The molecule has 2 aromatic rings. The zero-order valence-corrected chi connectivity index (χ0v) is 16.2. The Bertz CT molecular complexity index is 997. The fourth-order valence-electron chi connectivity index (χ4n) is 2.90. The molecule has 1 saturated heterocycles. The van der Waals surface area contributed by atoms with Gasteiger partial charge in [0.1, 0.15) is 11.1 Å². The maximum absolute atomic E-state index is 12.7. The summed E-state index contributed by atoms with van der Waals surface area (Å²) in [4.78, 5) is 13.7. The van der Waals surface area contributed by atoms with E-state index >= 15 is 0 Å². The molecule has 1 aromatic heterocycles. The molecule has 1 aliphatic rings. The van der Waals surface area contributed by atoms with Crippen LogP contribution in [0.15, 0.2) is 29.2 Å². The van der Waals surface area contributed by atoms with Crippen LogP contribution in [-0.2, 0) is 10.0 Å². The number of nitrogens with zero attached hydrogens (tertiary/aromatic N) is 2. The second-order valence-corrected chi connectivity index (χ2v) is 9.36. The molecule has 0 bridgehead atoms. The summed E-state index contributed by atoms with van der Waals surface area (Å²) in [5.41, 5.74) is 1.54. The minimum absolute atomic E-state index is 0.117. The first-order valence-corrected chi connectivity index (χ1v) is 10.5. The summed E-state index contributed by atoms with van der Waals surface area (Å²) < 4.78 is 26.8. The Morgan fingerprint density at radius 3 is 2.62 bits per heavy atom. The smallest absolute Gasteiger partial charge is 0.256 e. The summed E-state index contributed by atoms with van der Waals surface area (Å²) in [6.45, 7) is 4.75. The fourth-order valence-corrected chi connectivity index (χ4v) is 5.47. The number of hydrogen-bond acceptors (Lipinski definition) is 5. The molecular formula is C18H19N3O3S2. The van der Waals surface area contributed by atoms with Crippen LogP contribution < -0.4 is 5.32 Å². The molecule has 136 valence electrons. The number of carbonyl (C=O) groups excluding carboxylic acids is 1. The molecule has 2 heterocycles. The Balaban J connectivity index is 1.88. The van der Waals surface area contributed by atoms with Crippen molar-refractivity contribution < 1.29 is 13.2 Å². The molecule has 8 heteroatoms. The van der Waals surface area contributed by atoms with Gasteiger partial charge in [-0.25, -0.2) is 8.42 Å². The van der Waals surface area contributed by atoms with Crippen LogP contribution in [0.4, 0.5) is 5.00 Å². The highest BCUT2D eigenvalue weighted by Crippen LogP contribution is 2.32. The van der Waals surface area contributed by atoms with Crippen LogP contribution >= 0.6 is 11.3 Å². The topological polar surface area (TPSA) is 90.3 Å². The number of carbonyl (C=O) groups is 1. The van der Waals surface area contributed by atoms with Crippen molar-refractivity contribution in [1.29, 1.82) is 5.26 Å². The van der Waals surface area contributed by atoms with Crippen LogP contribution in [0.3, 0.4) is 0 Å². The van der Waals surface area contributed by atoms with Gasteiger partial charge >= 0.3 is 0 Å². The highest BCUT2D eigenvalue weighted by Gasteiger charge is 2.27. The van der Waals surface area contributed by atoms with Crippen LogP contribution in [0.25, 0.3) is 0 Å². The Morgan fingerprint density at radius 2 is 1.96 bits per heavy atom. The molecule has 0 unspecified atom stereocenters. The number of nitrogens with one attached hydrogen (secondary N) is 1. The van der Waals surface area contributed by atoms with E-state index in [0.29, 0.717) is 23.7 Å². The van der Waals surface area contributed by atoms with Crippen molar-refractivity contribution in [2.24, 2.45) is 0 Å². The molecule has 1 aromatic carbocycles. The predicted molar refractivity (Wildman–Crippen MR) is 101 cm³/mol. The number of benzene rings is 1. The summed E-state index contributed by atoms with van der Waals surface area (Å²) in [5, 5.41) is 12.5. The highest BCUT2D eigenvalue weighted by atomic mass is 32.2. The van der Waals surface area contributed by atoms with Crippen molar-refractivity contribution >= 4 is 32.3 Å².